The van der Waals surface area contributed by atoms with Crippen LogP contribution in [-0.4, -0.2) is 15.0 Å². The molecular formula is C14H19FN2O2S. The molecule has 0 saturated carbocycles. The van der Waals surface area contributed by atoms with Crippen LogP contribution in [0.1, 0.15) is 31.2 Å². The summed E-state index contributed by atoms with van der Waals surface area (Å²) in [5.74, 6) is -0.774. The zero-order chi connectivity index (χ0) is 14.8. The lowest BCUT2D eigenvalue weighted by Crippen LogP contribution is -2.26. The highest BCUT2D eigenvalue weighted by Gasteiger charge is 2.20. The number of anilines is 1. The van der Waals surface area contributed by atoms with Gasteiger partial charge in [0.1, 0.15) is 10.7 Å². The minimum Gasteiger partial charge on any atom is -0.398 e. The Morgan fingerprint density at radius 1 is 1.40 bits per heavy atom. The number of nitrogens with two attached hydrogens (primary N) is 1. The van der Waals surface area contributed by atoms with Gasteiger partial charge in [-0.1, -0.05) is 11.6 Å². The fourth-order valence-corrected chi connectivity index (χ4v) is 3.39. The molecule has 0 heterocycles. The normalized spacial score (nSPS) is 15.4. The maximum atomic E-state index is 13.8. The first kappa shape index (κ1) is 15.0. The zero-order valence-electron chi connectivity index (χ0n) is 11.4. The first-order valence-electron chi connectivity index (χ1n) is 6.63. The molecule has 6 heteroatoms. The highest BCUT2D eigenvalue weighted by Crippen LogP contribution is 2.22. The van der Waals surface area contributed by atoms with Gasteiger partial charge in [-0.3, -0.25) is 0 Å². The van der Waals surface area contributed by atoms with Gasteiger partial charge in [0.15, 0.2) is 0 Å². The number of halogens is 1. The van der Waals surface area contributed by atoms with Crippen molar-refractivity contribution in [3.8, 4) is 0 Å². The Morgan fingerprint density at radius 2 is 2.15 bits per heavy atom. The number of sulfonamides is 1. The number of allylic oxidation sites excluding steroid dienone is 1. The average molecular weight is 298 g/mol. The molecule has 0 amide bonds. The third-order valence-electron chi connectivity index (χ3n) is 3.48. The molecule has 3 N–H and O–H groups in total. The Bertz CT molecular complexity index is 639. The first-order chi connectivity index (χ1) is 9.40. The van der Waals surface area contributed by atoms with Gasteiger partial charge in [0.25, 0.3) is 0 Å². The van der Waals surface area contributed by atoms with Crippen LogP contribution in [0.15, 0.2) is 28.7 Å². The lowest BCUT2D eigenvalue weighted by molar-refractivity contribution is 0.556. The molecule has 0 aliphatic heterocycles. The number of rotatable bonds is 5. The van der Waals surface area contributed by atoms with E-state index in [1.54, 1.807) is 6.92 Å². The van der Waals surface area contributed by atoms with Crippen LogP contribution >= 0.6 is 0 Å². The van der Waals surface area contributed by atoms with Crippen LogP contribution in [0.3, 0.4) is 0 Å². The molecule has 0 spiro atoms. The Balaban J connectivity index is 2.08. The van der Waals surface area contributed by atoms with Crippen LogP contribution in [0.25, 0.3) is 0 Å². The van der Waals surface area contributed by atoms with Crippen molar-refractivity contribution in [1.82, 2.24) is 4.72 Å². The third kappa shape index (κ3) is 3.37. The number of nitrogen functional groups attached to an aromatic ring is 1. The molecule has 0 aromatic heterocycles. The minimum atomic E-state index is -3.85. The molecule has 20 heavy (non-hydrogen) atoms. The summed E-state index contributed by atoms with van der Waals surface area (Å²) < 4.78 is 40.3. The van der Waals surface area contributed by atoms with Crippen LogP contribution in [0, 0.1) is 12.7 Å². The Labute approximate surface area is 118 Å². The molecule has 0 bridgehead atoms. The molecule has 0 saturated heterocycles. The molecule has 1 aromatic rings. The van der Waals surface area contributed by atoms with Gasteiger partial charge in [0.2, 0.25) is 10.0 Å². The quantitative estimate of drug-likeness (QED) is 0.648. The van der Waals surface area contributed by atoms with Crippen molar-refractivity contribution in [3.63, 3.8) is 0 Å². The lowest BCUT2D eigenvalue weighted by Gasteiger charge is -2.10. The van der Waals surface area contributed by atoms with Crippen LogP contribution in [0.2, 0.25) is 0 Å². The van der Waals surface area contributed by atoms with E-state index in [-0.39, 0.29) is 17.1 Å². The topological polar surface area (TPSA) is 72.2 Å². The Morgan fingerprint density at radius 3 is 2.80 bits per heavy atom. The SMILES string of the molecule is Cc1cc(F)c(S(=O)(=O)NCCC2=CCCC2)cc1N. The van der Waals surface area contributed by atoms with E-state index in [0.717, 1.165) is 25.3 Å². The van der Waals surface area contributed by atoms with Gasteiger partial charge < -0.3 is 5.73 Å². The molecule has 0 fully saturated rings. The third-order valence-corrected chi connectivity index (χ3v) is 4.96. The average Bonchev–Trinajstić information content (AvgIpc) is 2.86. The van der Waals surface area contributed by atoms with E-state index in [4.69, 9.17) is 5.73 Å². The summed E-state index contributed by atoms with van der Waals surface area (Å²) in [6.45, 7) is 1.91. The van der Waals surface area contributed by atoms with Crippen LogP contribution in [0.4, 0.5) is 10.1 Å². The standard InChI is InChI=1S/C14H19FN2O2S/c1-10-8-12(15)14(9-13(10)16)20(18,19)17-7-6-11-4-2-3-5-11/h4,8-9,17H,2-3,5-7,16H2,1H3. The number of aryl methyl sites for hydroxylation is 1. The molecule has 1 aliphatic rings. The van der Waals surface area contributed by atoms with Crippen LogP contribution in [-0.2, 0) is 10.0 Å². The van der Waals surface area contributed by atoms with E-state index < -0.39 is 15.8 Å². The van der Waals surface area contributed by atoms with E-state index in [1.807, 2.05) is 0 Å². The molecule has 1 aliphatic carbocycles. The molecule has 0 unspecified atom stereocenters. The van der Waals surface area contributed by atoms with Crippen molar-refractivity contribution in [2.45, 2.75) is 37.5 Å². The van der Waals surface area contributed by atoms with Gasteiger partial charge in [-0.2, -0.15) is 0 Å². The number of hydrogen-bond acceptors (Lipinski definition) is 3. The Hall–Kier alpha value is -1.40. The van der Waals surface area contributed by atoms with Crippen LogP contribution < -0.4 is 10.5 Å². The highest BCUT2D eigenvalue weighted by molar-refractivity contribution is 7.89. The molecular weight excluding hydrogens is 279 g/mol. The fourth-order valence-electron chi connectivity index (χ4n) is 2.26. The smallest absolute Gasteiger partial charge is 0.243 e. The van der Waals surface area contributed by atoms with E-state index in [9.17, 15) is 12.8 Å². The summed E-state index contributed by atoms with van der Waals surface area (Å²) in [5.41, 5.74) is 7.70. The van der Waals surface area contributed by atoms with Gasteiger partial charge in [0, 0.05) is 12.2 Å². The summed E-state index contributed by atoms with van der Waals surface area (Å²) in [6.07, 6.45) is 6.02. The second-order valence-electron chi connectivity index (χ2n) is 5.04. The van der Waals surface area contributed by atoms with Gasteiger partial charge in [-0.25, -0.2) is 17.5 Å². The number of nitrogens with one attached hydrogen (secondary N) is 1. The summed E-state index contributed by atoms with van der Waals surface area (Å²) >= 11 is 0. The predicted molar refractivity (Wildman–Crippen MR) is 77.3 cm³/mol. The summed E-state index contributed by atoms with van der Waals surface area (Å²) in [4.78, 5) is -0.388. The minimum absolute atomic E-state index is 0.269. The largest absolute Gasteiger partial charge is 0.398 e. The molecule has 0 radical (unpaired) electrons. The second-order valence-corrected chi connectivity index (χ2v) is 6.78. The van der Waals surface area contributed by atoms with Gasteiger partial charge in [-0.15, -0.1) is 0 Å². The number of benzene rings is 1. The summed E-state index contributed by atoms with van der Waals surface area (Å²) in [7, 11) is -3.85. The van der Waals surface area contributed by atoms with Crippen molar-refractivity contribution >= 4 is 15.7 Å². The maximum Gasteiger partial charge on any atom is 0.243 e. The maximum absolute atomic E-state index is 13.8. The van der Waals surface area contributed by atoms with E-state index in [0.29, 0.717) is 12.0 Å². The second kappa shape index (κ2) is 5.93. The van der Waals surface area contributed by atoms with Crippen molar-refractivity contribution < 1.29 is 12.8 Å². The molecule has 2 rings (SSSR count). The Kier molecular flexibility index (Phi) is 4.45. The summed E-state index contributed by atoms with van der Waals surface area (Å²) in [6, 6.07) is 2.31. The molecule has 1 aromatic carbocycles. The van der Waals surface area contributed by atoms with Crippen molar-refractivity contribution in [3.05, 3.63) is 35.2 Å². The van der Waals surface area contributed by atoms with Gasteiger partial charge in [0.05, 0.1) is 0 Å². The van der Waals surface area contributed by atoms with Crippen molar-refractivity contribution in [2.75, 3.05) is 12.3 Å². The number of hydrogen-bond donors (Lipinski definition) is 2. The summed E-state index contributed by atoms with van der Waals surface area (Å²) in [5, 5.41) is 0. The monoisotopic (exact) mass is 298 g/mol. The zero-order valence-corrected chi connectivity index (χ0v) is 12.3. The molecule has 4 nitrogen and oxygen atoms in total. The molecule has 110 valence electrons. The van der Waals surface area contributed by atoms with E-state index in [1.165, 1.54) is 11.6 Å². The van der Waals surface area contributed by atoms with Gasteiger partial charge in [-0.05, 0) is 50.3 Å². The van der Waals surface area contributed by atoms with Crippen LogP contribution in [0.5, 0.6) is 0 Å². The predicted octanol–water partition coefficient (Wildman–Crippen LogP) is 2.50. The highest BCUT2D eigenvalue weighted by atomic mass is 32.2. The molecule has 0 atom stereocenters. The van der Waals surface area contributed by atoms with E-state index >= 15 is 0 Å². The van der Waals surface area contributed by atoms with Crippen molar-refractivity contribution in [2.24, 2.45) is 0 Å². The van der Waals surface area contributed by atoms with Crippen molar-refractivity contribution in [1.29, 1.82) is 0 Å². The first-order valence-corrected chi connectivity index (χ1v) is 8.11. The fraction of sp³-hybridized carbons (Fsp3) is 0.429. The lowest BCUT2D eigenvalue weighted by atomic mass is 10.2. The van der Waals surface area contributed by atoms with Gasteiger partial charge >= 0.3 is 0 Å². The van der Waals surface area contributed by atoms with E-state index in [2.05, 4.69) is 10.8 Å².